The van der Waals surface area contributed by atoms with Gasteiger partial charge in [-0.05, 0) is 18.1 Å². The zero-order valence-corrected chi connectivity index (χ0v) is 11.3. The smallest absolute Gasteiger partial charge is 0.128 e. The Labute approximate surface area is 109 Å². The summed E-state index contributed by atoms with van der Waals surface area (Å²) >= 11 is 7.54. The fourth-order valence-electron chi connectivity index (χ4n) is 1.52. The third-order valence-corrected chi connectivity index (χ3v) is 3.77. The molecule has 0 spiro atoms. The molecule has 17 heavy (non-hydrogen) atoms. The lowest BCUT2D eigenvalue weighted by Gasteiger charge is -2.03. The Balaban J connectivity index is 2.25. The molecule has 0 bridgehead atoms. The molecular weight excluding hydrogens is 257 g/mol. The lowest BCUT2D eigenvalue weighted by molar-refractivity contribution is 0.614. The second kappa shape index (κ2) is 5.15. The molecule has 0 aliphatic carbocycles. The maximum atomic E-state index is 13.6. The predicted molar refractivity (Wildman–Crippen MR) is 70.4 cm³/mol. The second-order valence-corrected chi connectivity index (χ2v) is 5.55. The highest BCUT2D eigenvalue weighted by molar-refractivity contribution is 7.09. The van der Waals surface area contributed by atoms with Crippen LogP contribution in [0.25, 0.3) is 0 Å². The summed E-state index contributed by atoms with van der Waals surface area (Å²) in [6.45, 7) is 4.18. The normalized spacial score (nSPS) is 11.1. The molecule has 1 aromatic carbocycles. The van der Waals surface area contributed by atoms with Gasteiger partial charge < -0.3 is 0 Å². The highest BCUT2D eigenvalue weighted by Crippen LogP contribution is 2.25. The summed E-state index contributed by atoms with van der Waals surface area (Å²) in [5.41, 5.74) is 1.58. The van der Waals surface area contributed by atoms with Crippen LogP contribution in [0.1, 0.15) is 36.0 Å². The Morgan fingerprint density at radius 1 is 1.41 bits per heavy atom. The number of benzene rings is 1. The van der Waals surface area contributed by atoms with Crippen molar-refractivity contribution in [2.24, 2.45) is 0 Å². The van der Waals surface area contributed by atoms with Gasteiger partial charge in [0.1, 0.15) is 5.82 Å². The summed E-state index contributed by atoms with van der Waals surface area (Å²) in [6, 6.07) is 4.75. The summed E-state index contributed by atoms with van der Waals surface area (Å²) in [7, 11) is 0. The van der Waals surface area contributed by atoms with Gasteiger partial charge in [-0.25, -0.2) is 9.37 Å². The van der Waals surface area contributed by atoms with E-state index >= 15 is 0 Å². The number of thiazole rings is 1. The standard InChI is InChI=1S/C13H13ClFNS/c1-8(2)12-7-17-13(16-12)6-9-10(14)4-3-5-11(9)15/h3-5,7-8H,6H2,1-2H3. The van der Waals surface area contributed by atoms with E-state index in [1.807, 2.05) is 5.38 Å². The number of halogens is 2. The molecule has 0 atom stereocenters. The molecule has 1 heterocycles. The molecule has 0 amide bonds. The quantitative estimate of drug-likeness (QED) is 0.790. The highest BCUT2D eigenvalue weighted by Gasteiger charge is 2.11. The predicted octanol–water partition coefficient (Wildman–Crippen LogP) is 4.65. The van der Waals surface area contributed by atoms with Gasteiger partial charge in [0.25, 0.3) is 0 Å². The second-order valence-electron chi connectivity index (χ2n) is 4.20. The maximum Gasteiger partial charge on any atom is 0.128 e. The Bertz CT molecular complexity index is 502. The molecule has 0 saturated heterocycles. The molecule has 4 heteroatoms. The van der Waals surface area contributed by atoms with Gasteiger partial charge in [0.2, 0.25) is 0 Å². The number of nitrogens with zero attached hydrogens (tertiary/aromatic N) is 1. The van der Waals surface area contributed by atoms with Crippen LogP contribution in [0.3, 0.4) is 0 Å². The van der Waals surface area contributed by atoms with Crippen molar-refractivity contribution in [3.05, 3.63) is 50.7 Å². The molecule has 90 valence electrons. The first-order chi connectivity index (χ1) is 8.08. The summed E-state index contributed by atoms with van der Waals surface area (Å²) in [5, 5.41) is 3.39. The van der Waals surface area contributed by atoms with Crippen LogP contribution in [0.5, 0.6) is 0 Å². The fourth-order valence-corrected chi connectivity index (χ4v) is 2.72. The minimum Gasteiger partial charge on any atom is -0.246 e. The van der Waals surface area contributed by atoms with E-state index in [1.165, 1.54) is 6.07 Å². The third-order valence-electron chi connectivity index (χ3n) is 2.55. The molecule has 0 aliphatic heterocycles. The van der Waals surface area contributed by atoms with Crippen molar-refractivity contribution in [3.63, 3.8) is 0 Å². The van der Waals surface area contributed by atoms with Gasteiger partial charge in [-0.2, -0.15) is 0 Å². The van der Waals surface area contributed by atoms with Gasteiger partial charge >= 0.3 is 0 Å². The molecule has 2 aromatic rings. The molecule has 2 rings (SSSR count). The molecule has 0 N–H and O–H groups in total. The van der Waals surface area contributed by atoms with Crippen LogP contribution in [0.2, 0.25) is 5.02 Å². The van der Waals surface area contributed by atoms with E-state index in [0.29, 0.717) is 22.9 Å². The first-order valence-corrected chi connectivity index (χ1v) is 6.71. The molecule has 0 fully saturated rings. The fraction of sp³-hybridized carbons (Fsp3) is 0.308. The molecule has 0 saturated carbocycles. The Kier molecular flexibility index (Phi) is 3.79. The molecule has 0 radical (unpaired) electrons. The minimum absolute atomic E-state index is 0.265. The molecule has 0 aliphatic rings. The highest BCUT2D eigenvalue weighted by atomic mass is 35.5. The van der Waals surface area contributed by atoms with Crippen molar-refractivity contribution in [3.8, 4) is 0 Å². The first-order valence-electron chi connectivity index (χ1n) is 5.45. The number of hydrogen-bond acceptors (Lipinski definition) is 2. The van der Waals surface area contributed by atoms with E-state index in [-0.39, 0.29) is 5.82 Å². The summed E-state index contributed by atoms with van der Waals surface area (Å²) in [4.78, 5) is 4.48. The average molecular weight is 270 g/mol. The Hall–Kier alpha value is -0.930. The van der Waals surface area contributed by atoms with Gasteiger partial charge in [0.15, 0.2) is 0 Å². The van der Waals surface area contributed by atoms with E-state index in [9.17, 15) is 4.39 Å². The molecule has 1 nitrogen and oxygen atoms in total. The maximum absolute atomic E-state index is 13.6. The van der Waals surface area contributed by atoms with Crippen LogP contribution >= 0.6 is 22.9 Å². The van der Waals surface area contributed by atoms with E-state index in [2.05, 4.69) is 18.8 Å². The van der Waals surface area contributed by atoms with E-state index in [1.54, 1.807) is 23.5 Å². The Morgan fingerprint density at radius 2 is 2.18 bits per heavy atom. The zero-order chi connectivity index (χ0) is 12.4. The minimum atomic E-state index is -0.265. The summed E-state index contributed by atoms with van der Waals surface area (Å²) in [5.74, 6) is 0.134. The van der Waals surface area contributed by atoms with Crippen molar-refractivity contribution in [1.29, 1.82) is 0 Å². The monoisotopic (exact) mass is 269 g/mol. The van der Waals surface area contributed by atoms with Gasteiger partial charge in [-0.3, -0.25) is 0 Å². The summed E-state index contributed by atoms with van der Waals surface area (Å²) < 4.78 is 13.6. The van der Waals surface area contributed by atoms with Gasteiger partial charge in [-0.15, -0.1) is 11.3 Å². The first kappa shape index (κ1) is 12.5. The van der Waals surface area contributed by atoms with Crippen LogP contribution in [-0.2, 0) is 6.42 Å². The molecular formula is C13H13ClFNS. The van der Waals surface area contributed by atoms with E-state index in [0.717, 1.165) is 10.7 Å². The van der Waals surface area contributed by atoms with E-state index < -0.39 is 0 Å². The van der Waals surface area contributed by atoms with Crippen molar-refractivity contribution in [2.45, 2.75) is 26.2 Å². The lowest BCUT2D eigenvalue weighted by atomic mass is 10.1. The van der Waals surface area contributed by atoms with Crippen LogP contribution < -0.4 is 0 Å². The largest absolute Gasteiger partial charge is 0.246 e. The van der Waals surface area contributed by atoms with Gasteiger partial charge in [-0.1, -0.05) is 31.5 Å². The van der Waals surface area contributed by atoms with Crippen molar-refractivity contribution < 1.29 is 4.39 Å². The van der Waals surface area contributed by atoms with Crippen molar-refractivity contribution >= 4 is 22.9 Å². The van der Waals surface area contributed by atoms with Crippen LogP contribution in [0.4, 0.5) is 4.39 Å². The molecule has 0 unspecified atom stereocenters. The third kappa shape index (κ3) is 2.85. The lowest BCUT2D eigenvalue weighted by Crippen LogP contribution is -1.94. The van der Waals surface area contributed by atoms with Crippen LogP contribution in [0, 0.1) is 5.82 Å². The number of aromatic nitrogens is 1. The summed E-state index contributed by atoms with van der Waals surface area (Å²) in [6.07, 6.45) is 0.461. The van der Waals surface area contributed by atoms with Crippen LogP contribution in [0.15, 0.2) is 23.6 Å². The Morgan fingerprint density at radius 3 is 2.76 bits per heavy atom. The van der Waals surface area contributed by atoms with Gasteiger partial charge in [0.05, 0.1) is 10.7 Å². The number of rotatable bonds is 3. The van der Waals surface area contributed by atoms with Crippen LogP contribution in [-0.4, -0.2) is 4.98 Å². The van der Waals surface area contributed by atoms with Crippen molar-refractivity contribution in [1.82, 2.24) is 4.98 Å². The molecule has 1 aromatic heterocycles. The van der Waals surface area contributed by atoms with Gasteiger partial charge in [0, 0.05) is 22.4 Å². The average Bonchev–Trinajstić information content (AvgIpc) is 2.72. The zero-order valence-electron chi connectivity index (χ0n) is 9.71. The SMILES string of the molecule is CC(C)c1csc(Cc2c(F)cccc2Cl)n1. The topological polar surface area (TPSA) is 12.9 Å². The number of hydrogen-bond donors (Lipinski definition) is 0. The van der Waals surface area contributed by atoms with E-state index in [4.69, 9.17) is 11.6 Å². The van der Waals surface area contributed by atoms with Crippen molar-refractivity contribution in [2.75, 3.05) is 0 Å².